The van der Waals surface area contributed by atoms with E-state index in [1.807, 2.05) is 6.92 Å². The Morgan fingerprint density at radius 3 is 2.36 bits per heavy atom. The summed E-state index contributed by atoms with van der Waals surface area (Å²) in [7, 11) is 0. The molecule has 0 spiro atoms. The third-order valence-electron chi connectivity index (χ3n) is 6.38. The summed E-state index contributed by atoms with van der Waals surface area (Å²) in [6, 6.07) is 0. The van der Waals surface area contributed by atoms with Crippen LogP contribution in [0.3, 0.4) is 0 Å². The van der Waals surface area contributed by atoms with Crippen molar-refractivity contribution >= 4 is 28.4 Å². The topological polar surface area (TPSA) is 37.3 Å². The number of hydrogen-bond donors (Lipinski definition) is 1. The monoisotopic (exact) mass is 522 g/mol. The van der Waals surface area contributed by atoms with Gasteiger partial charge in [-0.15, -0.1) is 0 Å². The zero-order valence-electron chi connectivity index (χ0n) is 15.1. The first kappa shape index (κ1) is 22.1. The van der Waals surface area contributed by atoms with E-state index in [0.717, 1.165) is 24.0 Å². The number of alkyl halides is 7. The van der Waals surface area contributed by atoms with Crippen LogP contribution in [0.15, 0.2) is 23.3 Å². The minimum Gasteiger partial charge on any atom is -0.374 e. The van der Waals surface area contributed by atoms with Crippen LogP contribution in [0, 0.1) is 17.3 Å². The molecule has 6 atom stereocenters. The van der Waals surface area contributed by atoms with E-state index in [4.69, 9.17) is 0 Å². The van der Waals surface area contributed by atoms with E-state index in [9.17, 15) is 36.2 Å². The quantitative estimate of drug-likeness (QED) is 0.229. The molecule has 0 amide bonds. The van der Waals surface area contributed by atoms with Gasteiger partial charge in [-0.2, -0.15) is 13.2 Å². The number of allylic oxidation sites excluding steroid dienone is 3. The summed E-state index contributed by atoms with van der Waals surface area (Å²) in [6.45, 7) is 1.87. The Morgan fingerprint density at radius 2 is 1.86 bits per heavy atom. The zero-order chi connectivity index (χ0) is 21.1. The van der Waals surface area contributed by atoms with Crippen LogP contribution in [0.25, 0.3) is 0 Å². The van der Waals surface area contributed by atoms with Gasteiger partial charge in [-0.3, -0.25) is 4.79 Å². The van der Waals surface area contributed by atoms with E-state index >= 15 is 0 Å². The molecule has 0 aromatic rings. The molecular weight excluding hydrogens is 501 g/mol. The van der Waals surface area contributed by atoms with E-state index in [0.29, 0.717) is 25.3 Å². The second kappa shape index (κ2) is 7.28. The summed E-state index contributed by atoms with van der Waals surface area (Å²) in [5, 5.41) is 9.36. The Balaban J connectivity index is 1.90. The molecule has 3 aliphatic rings. The lowest BCUT2D eigenvalue weighted by Gasteiger charge is -2.32. The number of carbonyl (C=O) groups is 1. The summed E-state index contributed by atoms with van der Waals surface area (Å²) < 4.78 is 78.7. The van der Waals surface area contributed by atoms with Crippen LogP contribution in [0.5, 0.6) is 0 Å². The van der Waals surface area contributed by atoms with Crippen LogP contribution < -0.4 is 0 Å². The van der Waals surface area contributed by atoms with Gasteiger partial charge in [0.05, 0.1) is 0 Å². The lowest BCUT2D eigenvalue weighted by Crippen LogP contribution is -2.57. The van der Waals surface area contributed by atoms with Crippen molar-refractivity contribution in [3.63, 3.8) is 0 Å². The highest BCUT2D eigenvalue weighted by molar-refractivity contribution is 14.1. The predicted molar refractivity (Wildman–Crippen MR) is 99.1 cm³/mol. The first-order valence-electron chi connectivity index (χ1n) is 9.14. The van der Waals surface area contributed by atoms with Crippen molar-refractivity contribution in [1.29, 1.82) is 0 Å². The standard InChI is InChI=1S/C19H21F6IO2/c1-9-7-11-10(3-2-4-12(11)27)15(9)17(8-14(17)26)6-5-13(20)18(28,16(21)22)19(23,24)25/h5-6,10-11,13-14,16,28H,2-4,7-8H2,1H3. The number of halogens is 7. The van der Waals surface area contributed by atoms with Gasteiger partial charge in [-0.1, -0.05) is 45.9 Å². The maximum absolute atomic E-state index is 14.3. The molecule has 0 radical (unpaired) electrons. The van der Waals surface area contributed by atoms with Crippen molar-refractivity contribution in [2.45, 2.75) is 67.3 Å². The van der Waals surface area contributed by atoms with Gasteiger partial charge >= 0.3 is 6.18 Å². The maximum atomic E-state index is 14.3. The van der Waals surface area contributed by atoms with Crippen molar-refractivity contribution in [2.75, 3.05) is 0 Å². The van der Waals surface area contributed by atoms with E-state index in [1.165, 1.54) is 6.08 Å². The van der Waals surface area contributed by atoms with Crippen molar-refractivity contribution in [1.82, 2.24) is 0 Å². The van der Waals surface area contributed by atoms with Gasteiger partial charge in [0, 0.05) is 21.7 Å². The van der Waals surface area contributed by atoms with Crippen LogP contribution in [-0.4, -0.2) is 39.2 Å². The third kappa shape index (κ3) is 3.33. The van der Waals surface area contributed by atoms with Crippen molar-refractivity contribution < 1.29 is 36.2 Å². The fourth-order valence-corrected chi connectivity index (χ4v) is 6.06. The Bertz CT molecular complexity index is 718. The molecule has 158 valence electrons. The molecule has 28 heavy (non-hydrogen) atoms. The minimum absolute atomic E-state index is 0.0275. The summed E-state index contributed by atoms with van der Waals surface area (Å²) in [4.78, 5) is 12.2. The van der Waals surface area contributed by atoms with Gasteiger partial charge < -0.3 is 5.11 Å². The van der Waals surface area contributed by atoms with Gasteiger partial charge in [0.15, 0.2) is 6.17 Å². The molecule has 2 saturated carbocycles. The smallest absolute Gasteiger partial charge is 0.374 e. The normalized spacial score (nSPS) is 36.8. The van der Waals surface area contributed by atoms with E-state index < -0.39 is 29.8 Å². The number of fused-ring (bicyclic) bond motifs is 1. The Hall–Kier alpha value is -0.580. The summed E-state index contributed by atoms with van der Waals surface area (Å²) in [5.74, 6) is -0.00389. The SMILES string of the molecule is CC1=C(C2(C=CC(F)C(O)(C(F)F)C(F)(F)F)CC2I)C2CCCC(=O)C2C1. The van der Waals surface area contributed by atoms with Crippen LogP contribution in [-0.2, 0) is 4.79 Å². The molecule has 0 aliphatic heterocycles. The van der Waals surface area contributed by atoms with E-state index in [2.05, 4.69) is 22.6 Å². The average molecular weight is 522 g/mol. The fourth-order valence-electron chi connectivity index (χ4n) is 4.79. The molecule has 0 bridgehead atoms. The number of rotatable bonds is 5. The van der Waals surface area contributed by atoms with Crippen LogP contribution in [0.2, 0.25) is 0 Å². The number of carbonyl (C=O) groups excluding carboxylic acids is 1. The lowest BCUT2D eigenvalue weighted by atomic mass is 9.74. The highest BCUT2D eigenvalue weighted by Crippen LogP contribution is 2.65. The number of aliphatic hydroxyl groups is 1. The number of hydrogen-bond acceptors (Lipinski definition) is 2. The molecular formula is C19H21F6IO2. The molecule has 3 rings (SSSR count). The van der Waals surface area contributed by atoms with Crippen LogP contribution in [0.4, 0.5) is 26.3 Å². The summed E-state index contributed by atoms with van der Waals surface area (Å²) >= 11 is 2.11. The van der Waals surface area contributed by atoms with E-state index in [-0.39, 0.29) is 21.5 Å². The largest absolute Gasteiger partial charge is 0.426 e. The molecule has 2 nitrogen and oxygen atoms in total. The number of Topliss-reactive ketones (excluding diaryl/α,β-unsaturated/α-hetero) is 1. The molecule has 2 fully saturated rings. The molecule has 0 heterocycles. The molecule has 0 aromatic carbocycles. The minimum atomic E-state index is -5.81. The number of ketones is 1. The third-order valence-corrected chi connectivity index (χ3v) is 7.93. The molecule has 9 heteroatoms. The molecule has 0 aromatic heterocycles. The second-order valence-electron chi connectivity index (χ2n) is 8.07. The lowest BCUT2D eigenvalue weighted by molar-refractivity contribution is -0.312. The molecule has 0 saturated heterocycles. The zero-order valence-corrected chi connectivity index (χ0v) is 17.2. The predicted octanol–water partition coefficient (Wildman–Crippen LogP) is 5.34. The van der Waals surface area contributed by atoms with Gasteiger partial charge in [0.2, 0.25) is 0 Å². The van der Waals surface area contributed by atoms with Crippen molar-refractivity contribution in [3.05, 3.63) is 23.3 Å². The van der Waals surface area contributed by atoms with Gasteiger partial charge in [0.25, 0.3) is 12.0 Å². The Kier molecular flexibility index (Phi) is 5.75. The molecule has 3 aliphatic carbocycles. The molecule has 6 unspecified atom stereocenters. The van der Waals surface area contributed by atoms with Crippen molar-refractivity contribution in [2.24, 2.45) is 17.3 Å². The highest BCUT2D eigenvalue weighted by Gasteiger charge is 2.66. The van der Waals surface area contributed by atoms with Crippen LogP contribution >= 0.6 is 22.6 Å². The summed E-state index contributed by atoms with van der Waals surface area (Å²) in [6.07, 6.45) is -8.62. The van der Waals surface area contributed by atoms with Gasteiger partial charge in [-0.05, 0) is 38.5 Å². The van der Waals surface area contributed by atoms with E-state index in [1.54, 1.807) is 0 Å². The average Bonchev–Trinajstić information content (AvgIpc) is 3.09. The van der Waals surface area contributed by atoms with Gasteiger partial charge in [0.1, 0.15) is 5.78 Å². The van der Waals surface area contributed by atoms with Crippen LogP contribution in [0.1, 0.15) is 39.0 Å². The Morgan fingerprint density at radius 1 is 1.25 bits per heavy atom. The Labute approximate surface area is 172 Å². The first-order chi connectivity index (χ1) is 12.9. The fraction of sp³-hybridized carbons (Fsp3) is 0.737. The highest BCUT2D eigenvalue weighted by atomic mass is 127. The second-order valence-corrected chi connectivity index (χ2v) is 9.57. The van der Waals surface area contributed by atoms with Gasteiger partial charge in [-0.25, -0.2) is 13.2 Å². The molecule has 1 N–H and O–H groups in total. The maximum Gasteiger partial charge on any atom is 0.426 e. The van der Waals surface area contributed by atoms with Crippen molar-refractivity contribution in [3.8, 4) is 0 Å². The summed E-state index contributed by atoms with van der Waals surface area (Å²) in [5.41, 5.74) is -3.56. The first-order valence-corrected chi connectivity index (χ1v) is 10.4.